The maximum atomic E-state index is 13.1. The number of hydrogen-bond donors (Lipinski definition) is 1. The van der Waals surface area contributed by atoms with Crippen molar-refractivity contribution < 1.29 is 19.1 Å². The number of amides is 2. The summed E-state index contributed by atoms with van der Waals surface area (Å²) in [5.74, 6) is 0.507. The summed E-state index contributed by atoms with van der Waals surface area (Å²) >= 11 is 0. The van der Waals surface area contributed by atoms with Gasteiger partial charge in [-0.25, -0.2) is 0 Å². The van der Waals surface area contributed by atoms with Crippen molar-refractivity contribution >= 4 is 11.8 Å². The normalized spacial score (nSPS) is 13.9. The van der Waals surface area contributed by atoms with Gasteiger partial charge in [-0.1, -0.05) is 30.3 Å². The quantitative estimate of drug-likeness (QED) is 0.850. The molecule has 0 unspecified atom stereocenters. The third-order valence-electron chi connectivity index (χ3n) is 5.15. The highest BCUT2D eigenvalue weighted by Crippen LogP contribution is 2.34. The Morgan fingerprint density at radius 3 is 2.44 bits per heavy atom. The van der Waals surface area contributed by atoms with Crippen molar-refractivity contribution in [1.29, 1.82) is 0 Å². The molecule has 6 nitrogen and oxygen atoms in total. The third-order valence-corrected chi connectivity index (χ3v) is 5.15. The molecule has 1 atom stereocenters. The van der Waals surface area contributed by atoms with Crippen LogP contribution in [0.15, 0.2) is 48.5 Å². The fourth-order valence-corrected chi connectivity index (χ4v) is 3.25. The lowest BCUT2D eigenvalue weighted by Crippen LogP contribution is -2.53. The average Bonchev–Trinajstić information content (AvgIpc) is 3.13. The van der Waals surface area contributed by atoms with Crippen LogP contribution in [0.25, 0.3) is 0 Å². The number of nitrogens with two attached hydrogens (primary N) is 1. The van der Waals surface area contributed by atoms with Gasteiger partial charge in [0, 0.05) is 18.7 Å². The van der Waals surface area contributed by atoms with E-state index in [-0.39, 0.29) is 12.7 Å². The maximum Gasteiger partial charge on any atom is 0.254 e. The smallest absolute Gasteiger partial charge is 0.254 e. The van der Waals surface area contributed by atoms with E-state index >= 15 is 0 Å². The molecule has 1 aliphatic heterocycles. The lowest BCUT2D eigenvalue weighted by atomic mass is 9.79. The molecule has 0 aromatic heterocycles. The monoisotopic (exact) mass is 368 g/mol. The zero-order valence-electron chi connectivity index (χ0n) is 15.8. The summed E-state index contributed by atoms with van der Waals surface area (Å²) in [4.78, 5) is 26.8. The minimum atomic E-state index is -0.906. The number of ether oxygens (including phenoxy) is 2. The van der Waals surface area contributed by atoms with Crippen LogP contribution in [-0.2, 0) is 11.2 Å². The molecule has 3 rings (SSSR count). The van der Waals surface area contributed by atoms with E-state index in [1.807, 2.05) is 30.3 Å². The first kappa shape index (κ1) is 18.8. The molecule has 27 heavy (non-hydrogen) atoms. The molecule has 0 fully saturated rings. The zero-order chi connectivity index (χ0) is 19.6. The van der Waals surface area contributed by atoms with E-state index in [1.165, 1.54) is 0 Å². The minimum Gasteiger partial charge on any atom is -0.454 e. The Bertz CT molecular complexity index is 849. The Hall–Kier alpha value is -3.02. The molecule has 142 valence electrons. The molecule has 0 bridgehead atoms. The van der Waals surface area contributed by atoms with Gasteiger partial charge < -0.3 is 20.1 Å². The summed E-state index contributed by atoms with van der Waals surface area (Å²) in [6.07, 6.45) is 0.517. The Balaban J connectivity index is 1.90. The second kappa shape index (κ2) is 7.31. The van der Waals surface area contributed by atoms with E-state index in [9.17, 15) is 9.59 Å². The lowest BCUT2D eigenvalue weighted by molar-refractivity contribution is -0.128. The number of likely N-dealkylation sites (N-methyl/N-ethyl adjacent to an activating group) is 1. The molecule has 0 spiro atoms. The Morgan fingerprint density at radius 2 is 1.78 bits per heavy atom. The third kappa shape index (κ3) is 3.74. The predicted molar refractivity (Wildman–Crippen MR) is 102 cm³/mol. The molecular weight excluding hydrogens is 344 g/mol. The molecule has 1 aliphatic rings. The van der Waals surface area contributed by atoms with Crippen molar-refractivity contribution in [1.82, 2.24) is 4.90 Å². The summed E-state index contributed by atoms with van der Waals surface area (Å²) in [7, 11) is 1.70. The van der Waals surface area contributed by atoms with Crippen molar-refractivity contribution in [2.24, 2.45) is 11.1 Å². The molecule has 0 radical (unpaired) electrons. The molecule has 2 aromatic rings. The fourth-order valence-electron chi connectivity index (χ4n) is 3.25. The van der Waals surface area contributed by atoms with Crippen LogP contribution in [-0.4, -0.2) is 36.6 Å². The van der Waals surface area contributed by atoms with Crippen LogP contribution in [0.3, 0.4) is 0 Å². The van der Waals surface area contributed by atoms with Crippen LogP contribution in [0.4, 0.5) is 0 Å². The van der Waals surface area contributed by atoms with E-state index in [4.69, 9.17) is 15.2 Å². The highest BCUT2D eigenvalue weighted by atomic mass is 16.7. The molecule has 0 aliphatic carbocycles. The molecule has 1 heterocycles. The van der Waals surface area contributed by atoms with Gasteiger partial charge in [-0.05, 0) is 44.0 Å². The van der Waals surface area contributed by atoms with Crippen LogP contribution in [0.1, 0.15) is 29.8 Å². The van der Waals surface area contributed by atoms with Gasteiger partial charge in [0.05, 0.1) is 5.41 Å². The second-order valence-electron chi connectivity index (χ2n) is 7.28. The highest BCUT2D eigenvalue weighted by Gasteiger charge is 2.39. The predicted octanol–water partition coefficient (Wildman–Crippen LogP) is 2.61. The van der Waals surface area contributed by atoms with Crippen LogP contribution in [0.5, 0.6) is 11.5 Å². The van der Waals surface area contributed by atoms with Gasteiger partial charge in [0.1, 0.15) is 0 Å². The van der Waals surface area contributed by atoms with E-state index < -0.39 is 17.4 Å². The number of carbonyl (C=O) groups is 2. The number of nitrogens with zero attached hydrogens (tertiary/aromatic N) is 1. The van der Waals surface area contributed by atoms with E-state index in [0.29, 0.717) is 23.5 Å². The Kier molecular flexibility index (Phi) is 5.08. The van der Waals surface area contributed by atoms with Crippen LogP contribution in [0.2, 0.25) is 0 Å². The molecule has 0 saturated carbocycles. The van der Waals surface area contributed by atoms with Crippen LogP contribution >= 0.6 is 0 Å². The first-order valence-corrected chi connectivity index (χ1v) is 8.81. The minimum absolute atomic E-state index is 0.147. The SMILES string of the molecule is CN(C(=O)c1ccc2c(c1)OCO2)[C@@H](Cc1ccccc1)C(C)(C)C(N)=O. The van der Waals surface area contributed by atoms with Crippen molar-refractivity contribution in [2.75, 3.05) is 13.8 Å². The van der Waals surface area contributed by atoms with Crippen LogP contribution < -0.4 is 15.2 Å². The Labute approximate surface area is 158 Å². The van der Waals surface area contributed by atoms with Crippen molar-refractivity contribution in [2.45, 2.75) is 26.3 Å². The molecule has 0 saturated heterocycles. The van der Waals surface area contributed by atoms with Crippen LogP contribution in [0, 0.1) is 5.41 Å². The second-order valence-corrected chi connectivity index (χ2v) is 7.28. The number of carbonyl (C=O) groups excluding carboxylic acids is 2. The maximum absolute atomic E-state index is 13.1. The van der Waals surface area contributed by atoms with Gasteiger partial charge in [0.25, 0.3) is 5.91 Å². The standard InChI is InChI=1S/C21H24N2O4/c1-21(2,20(22)25)18(11-14-7-5-4-6-8-14)23(3)19(24)15-9-10-16-17(12-15)27-13-26-16/h4-10,12,18H,11,13H2,1-3H3,(H2,22,25)/t18-/m0/s1. The van der Waals surface area contributed by atoms with Gasteiger partial charge >= 0.3 is 0 Å². The van der Waals surface area contributed by atoms with Gasteiger partial charge in [0.15, 0.2) is 11.5 Å². The highest BCUT2D eigenvalue weighted by molar-refractivity contribution is 5.95. The molecule has 2 N–H and O–H groups in total. The zero-order valence-corrected chi connectivity index (χ0v) is 15.8. The number of rotatable bonds is 6. The number of primary amides is 1. The summed E-state index contributed by atoms with van der Waals surface area (Å²) in [5, 5.41) is 0. The number of hydrogen-bond acceptors (Lipinski definition) is 4. The van der Waals surface area contributed by atoms with Gasteiger partial charge in [-0.2, -0.15) is 0 Å². The van der Waals surface area contributed by atoms with Crippen molar-refractivity contribution in [3.8, 4) is 11.5 Å². The van der Waals surface area contributed by atoms with E-state index in [1.54, 1.807) is 44.0 Å². The first-order valence-electron chi connectivity index (χ1n) is 8.81. The first-order chi connectivity index (χ1) is 12.8. The largest absolute Gasteiger partial charge is 0.454 e. The summed E-state index contributed by atoms with van der Waals surface area (Å²) in [5.41, 5.74) is 6.26. The number of benzene rings is 2. The van der Waals surface area contributed by atoms with Gasteiger partial charge in [0.2, 0.25) is 12.7 Å². The lowest BCUT2D eigenvalue weighted by Gasteiger charge is -2.38. The molecular formula is C21H24N2O4. The van der Waals surface area contributed by atoms with E-state index in [2.05, 4.69) is 0 Å². The summed E-state index contributed by atoms with van der Waals surface area (Å²) in [6.45, 7) is 3.69. The molecule has 6 heteroatoms. The number of fused-ring (bicyclic) bond motifs is 1. The summed E-state index contributed by atoms with van der Waals surface area (Å²) < 4.78 is 10.7. The molecule has 2 aromatic carbocycles. The van der Waals surface area contributed by atoms with Gasteiger partial charge in [-0.3, -0.25) is 9.59 Å². The summed E-state index contributed by atoms with van der Waals surface area (Å²) in [6, 6.07) is 14.4. The van der Waals surface area contributed by atoms with Crippen molar-refractivity contribution in [3.63, 3.8) is 0 Å². The van der Waals surface area contributed by atoms with Gasteiger partial charge in [-0.15, -0.1) is 0 Å². The van der Waals surface area contributed by atoms with Crippen molar-refractivity contribution in [3.05, 3.63) is 59.7 Å². The molecule has 2 amide bonds. The van der Waals surface area contributed by atoms with E-state index in [0.717, 1.165) is 5.56 Å². The average molecular weight is 368 g/mol. The Morgan fingerprint density at radius 1 is 1.11 bits per heavy atom. The topological polar surface area (TPSA) is 81.9 Å². The fraction of sp³-hybridized carbons (Fsp3) is 0.333.